The van der Waals surface area contributed by atoms with E-state index in [1.165, 1.54) is 0 Å². The highest BCUT2D eigenvalue weighted by molar-refractivity contribution is 7.89. The molecule has 1 atom stereocenters. The molecule has 1 aliphatic heterocycles. The first kappa shape index (κ1) is 23.3. The van der Waals surface area contributed by atoms with E-state index >= 15 is 0 Å². The number of aryl methyl sites for hydroxylation is 1. The van der Waals surface area contributed by atoms with Crippen molar-refractivity contribution in [3.05, 3.63) is 83.9 Å². The molecule has 0 aliphatic carbocycles. The fourth-order valence-corrected chi connectivity index (χ4v) is 5.21. The van der Waals surface area contributed by atoms with E-state index in [0.29, 0.717) is 29.3 Å². The Morgan fingerprint density at radius 2 is 1.79 bits per heavy atom. The molecule has 0 fully saturated rings. The summed E-state index contributed by atoms with van der Waals surface area (Å²) in [5, 5.41) is 0. The highest BCUT2D eigenvalue weighted by Crippen LogP contribution is 2.35. The van der Waals surface area contributed by atoms with Crippen molar-refractivity contribution in [3.63, 3.8) is 0 Å². The minimum Gasteiger partial charge on any atom is -0.361 e. The van der Waals surface area contributed by atoms with Crippen LogP contribution in [0, 0.1) is 0 Å². The number of fused-ring (bicyclic) bond motifs is 1. The largest absolute Gasteiger partial charge is 0.511 e. The van der Waals surface area contributed by atoms with E-state index in [0.717, 1.165) is 23.4 Å². The molecule has 10 heteroatoms. The van der Waals surface area contributed by atoms with Gasteiger partial charge in [-0.05, 0) is 36.5 Å². The molecule has 0 spiro atoms. The molecule has 0 radical (unpaired) electrons. The first-order chi connectivity index (χ1) is 15.8. The van der Waals surface area contributed by atoms with Gasteiger partial charge in [0, 0.05) is 31.0 Å². The Morgan fingerprint density at radius 1 is 1.06 bits per heavy atom. The van der Waals surface area contributed by atoms with E-state index in [1.807, 2.05) is 47.4 Å². The van der Waals surface area contributed by atoms with Gasteiger partial charge in [-0.25, -0.2) is 13.4 Å². The number of nitrogens with one attached hydrogen (secondary N) is 1. The van der Waals surface area contributed by atoms with Gasteiger partial charge in [0.2, 0.25) is 0 Å². The fraction of sp³-hybridized carbons (Fsp3) is 0.348. The van der Waals surface area contributed by atoms with Crippen molar-refractivity contribution in [2.45, 2.75) is 43.9 Å². The van der Waals surface area contributed by atoms with Crippen molar-refractivity contribution < 1.29 is 21.6 Å². The molecule has 2 aromatic carbocycles. The third kappa shape index (κ3) is 5.22. The summed E-state index contributed by atoms with van der Waals surface area (Å²) in [5.41, 5.74) is -2.15. The van der Waals surface area contributed by atoms with Crippen LogP contribution in [-0.4, -0.2) is 40.8 Å². The maximum absolute atomic E-state index is 13.5. The molecule has 2 heterocycles. The van der Waals surface area contributed by atoms with Gasteiger partial charge in [-0.15, -0.1) is 0 Å². The zero-order chi connectivity index (χ0) is 23.5. The zero-order valence-electron chi connectivity index (χ0n) is 17.9. The smallest absolute Gasteiger partial charge is 0.361 e. The van der Waals surface area contributed by atoms with Crippen molar-refractivity contribution in [3.8, 4) is 0 Å². The van der Waals surface area contributed by atoms with Gasteiger partial charge in [0.25, 0.3) is 0 Å². The highest BCUT2D eigenvalue weighted by Gasteiger charge is 2.51. The van der Waals surface area contributed by atoms with Crippen LogP contribution < -0.4 is 4.90 Å². The highest BCUT2D eigenvalue weighted by atomic mass is 32.2. The second-order valence-corrected chi connectivity index (χ2v) is 10.0. The number of para-hydroxylation sites is 1. The summed E-state index contributed by atoms with van der Waals surface area (Å²) in [6, 6.07) is 16.4. The third-order valence-corrected chi connectivity index (χ3v) is 7.42. The van der Waals surface area contributed by atoms with Gasteiger partial charge < -0.3 is 9.88 Å². The molecule has 0 amide bonds. The summed E-state index contributed by atoms with van der Waals surface area (Å²) in [5.74, 6) is 0. The molecule has 33 heavy (non-hydrogen) atoms. The Kier molecular flexibility index (Phi) is 6.76. The van der Waals surface area contributed by atoms with Crippen LogP contribution in [0.25, 0.3) is 0 Å². The summed E-state index contributed by atoms with van der Waals surface area (Å²) < 4.78 is 65.8. The van der Waals surface area contributed by atoms with Crippen molar-refractivity contribution in [2.24, 2.45) is 0 Å². The number of aromatic amines is 1. The van der Waals surface area contributed by atoms with Crippen LogP contribution in [0.3, 0.4) is 0 Å². The zero-order valence-corrected chi connectivity index (χ0v) is 18.7. The lowest BCUT2D eigenvalue weighted by Crippen LogP contribution is -2.47. The van der Waals surface area contributed by atoms with Gasteiger partial charge in [0.1, 0.15) is 0 Å². The Balaban J connectivity index is 1.67. The van der Waals surface area contributed by atoms with Gasteiger partial charge in [-0.1, -0.05) is 48.5 Å². The average Bonchev–Trinajstić information content (AvgIpc) is 3.24. The third-order valence-electron chi connectivity index (χ3n) is 5.88. The summed E-state index contributed by atoms with van der Waals surface area (Å²) >= 11 is 0. The summed E-state index contributed by atoms with van der Waals surface area (Å²) in [6.07, 6.45) is 5.20. The minimum atomic E-state index is -5.47. The quantitative estimate of drug-likeness (QED) is 0.544. The first-order valence-corrected chi connectivity index (χ1v) is 12.1. The lowest BCUT2D eigenvalue weighted by Gasteiger charge is -2.34. The van der Waals surface area contributed by atoms with Gasteiger partial charge in [-0.3, -0.25) is 0 Å². The topological polar surface area (TPSA) is 69.3 Å². The fourth-order valence-electron chi connectivity index (χ4n) is 4.24. The first-order valence-electron chi connectivity index (χ1n) is 10.7. The molecule has 1 aromatic heterocycles. The molecule has 0 bridgehead atoms. The van der Waals surface area contributed by atoms with Gasteiger partial charge in [-0.2, -0.15) is 17.5 Å². The van der Waals surface area contributed by atoms with Crippen LogP contribution in [0.4, 0.5) is 18.9 Å². The minimum absolute atomic E-state index is 0.251. The number of anilines is 1. The van der Waals surface area contributed by atoms with Crippen molar-refractivity contribution in [1.29, 1.82) is 0 Å². The number of imidazole rings is 1. The number of hydrogen-bond acceptors (Lipinski definition) is 4. The Morgan fingerprint density at radius 3 is 2.48 bits per heavy atom. The number of sulfonamides is 1. The van der Waals surface area contributed by atoms with Crippen molar-refractivity contribution in [2.75, 3.05) is 11.4 Å². The van der Waals surface area contributed by atoms with Crippen LogP contribution in [0.1, 0.15) is 29.7 Å². The van der Waals surface area contributed by atoms with E-state index < -0.39 is 21.6 Å². The molecule has 1 N–H and O–H groups in total. The van der Waals surface area contributed by atoms with Gasteiger partial charge >= 0.3 is 15.5 Å². The molecule has 0 saturated heterocycles. The number of benzene rings is 2. The van der Waals surface area contributed by atoms with Crippen LogP contribution in [0.5, 0.6) is 0 Å². The second kappa shape index (κ2) is 9.56. The number of nitrogens with zero attached hydrogens (tertiary/aromatic N) is 3. The molecular formula is C23H25F3N4O2S. The van der Waals surface area contributed by atoms with E-state index in [9.17, 15) is 21.6 Å². The molecular weight excluding hydrogens is 453 g/mol. The van der Waals surface area contributed by atoms with Gasteiger partial charge in [0.05, 0.1) is 18.6 Å². The maximum atomic E-state index is 13.5. The van der Waals surface area contributed by atoms with E-state index in [4.69, 9.17) is 0 Å². The summed E-state index contributed by atoms with van der Waals surface area (Å²) in [6.45, 7) is -0.195. The lowest BCUT2D eigenvalue weighted by atomic mass is 10.0. The maximum Gasteiger partial charge on any atom is 0.511 e. The Bertz CT molecular complexity index is 1150. The summed E-state index contributed by atoms with van der Waals surface area (Å²) in [7, 11) is -5.47. The number of aromatic nitrogens is 2. The predicted octanol–water partition coefficient (Wildman–Crippen LogP) is 4.47. The number of hydrogen-bond donors (Lipinski definition) is 1. The molecule has 4 rings (SSSR count). The van der Waals surface area contributed by atoms with Gasteiger partial charge in [0.15, 0.2) is 0 Å². The predicted molar refractivity (Wildman–Crippen MR) is 120 cm³/mol. The van der Waals surface area contributed by atoms with Crippen molar-refractivity contribution in [1.82, 2.24) is 14.3 Å². The van der Waals surface area contributed by atoms with Crippen LogP contribution in [0.15, 0.2) is 67.1 Å². The normalized spacial score (nSPS) is 17.5. The Hall–Kier alpha value is -2.85. The number of rotatable bonds is 7. The van der Waals surface area contributed by atoms with E-state index in [1.54, 1.807) is 24.7 Å². The second-order valence-electron chi connectivity index (χ2n) is 8.11. The monoisotopic (exact) mass is 478 g/mol. The Labute approximate surface area is 191 Å². The number of alkyl halides is 3. The SMILES string of the molecule is O=S(=O)(N1Cc2ccccc2N(Cc2cnc[nH]2)[C@H](CCCc2ccccc2)C1)C(F)(F)F. The van der Waals surface area contributed by atoms with Crippen molar-refractivity contribution >= 4 is 15.7 Å². The van der Waals surface area contributed by atoms with E-state index in [2.05, 4.69) is 9.97 Å². The molecule has 1 aliphatic rings. The van der Waals surface area contributed by atoms with E-state index in [-0.39, 0.29) is 13.1 Å². The van der Waals surface area contributed by atoms with Crippen LogP contribution in [0.2, 0.25) is 0 Å². The number of H-pyrrole nitrogens is 1. The average molecular weight is 479 g/mol. The molecule has 0 unspecified atom stereocenters. The number of halogens is 3. The molecule has 176 valence electrons. The molecule has 3 aromatic rings. The molecule has 0 saturated carbocycles. The summed E-state index contributed by atoms with van der Waals surface area (Å²) in [4.78, 5) is 9.08. The standard InChI is InChI=1S/C23H25F3N4O2S/c24-23(25,26)33(31,32)29-14-19-10-4-5-12-22(19)30(15-20-13-27-17-28-20)21(16-29)11-6-9-18-7-2-1-3-8-18/h1-5,7-8,10,12-13,17,21H,6,9,11,14-16H2,(H,27,28)/t21-/m1/s1. The van der Waals surface area contributed by atoms with Crippen LogP contribution >= 0.6 is 0 Å². The molecule has 6 nitrogen and oxygen atoms in total. The van der Waals surface area contributed by atoms with Crippen LogP contribution in [-0.2, 0) is 29.5 Å². The lowest BCUT2D eigenvalue weighted by molar-refractivity contribution is -0.0492.